The average molecular weight is 203 g/mol. The molecular weight excluding hydrogens is 190 g/mol. The first-order chi connectivity index (χ1) is 7.38. The summed E-state index contributed by atoms with van der Waals surface area (Å²) in [7, 11) is 0. The molecule has 2 aromatic rings. The van der Waals surface area contributed by atoms with Gasteiger partial charge in [-0.15, -0.1) is 0 Å². The summed E-state index contributed by atoms with van der Waals surface area (Å²) in [5.74, 6) is 0.898. The van der Waals surface area contributed by atoms with Crippen molar-refractivity contribution in [1.29, 1.82) is 0 Å². The minimum absolute atomic E-state index is 0.652. The molecular formula is C10H13N5. The van der Waals surface area contributed by atoms with Crippen molar-refractivity contribution in [3.63, 3.8) is 0 Å². The van der Waals surface area contributed by atoms with Crippen molar-refractivity contribution in [2.45, 2.75) is 13.5 Å². The fourth-order valence-corrected chi connectivity index (χ4v) is 1.33. The summed E-state index contributed by atoms with van der Waals surface area (Å²) in [5.41, 5.74) is 0.971. The molecule has 0 spiro atoms. The van der Waals surface area contributed by atoms with E-state index in [1.54, 1.807) is 11.0 Å². The molecule has 0 aliphatic rings. The normalized spacial score (nSPS) is 10.2. The zero-order valence-corrected chi connectivity index (χ0v) is 8.59. The molecule has 0 amide bonds. The predicted octanol–water partition coefficient (Wildman–Crippen LogP) is 1.15. The molecule has 5 heteroatoms. The Balaban J connectivity index is 2.11. The van der Waals surface area contributed by atoms with E-state index in [2.05, 4.69) is 20.4 Å². The van der Waals surface area contributed by atoms with Crippen LogP contribution in [0.3, 0.4) is 0 Å². The number of hydrogen-bond acceptors (Lipinski definition) is 4. The lowest BCUT2D eigenvalue weighted by Gasteiger charge is -2.04. The summed E-state index contributed by atoms with van der Waals surface area (Å²) >= 11 is 0. The first-order valence-corrected chi connectivity index (χ1v) is 4.90. The molecule has 1 N–H and O–H groups in total. The molecule has 0 saturated heterocycles. The third-order valence-corrected chi connectivity index (χ3v) is 1.96. The van der Waals surface area contributed by atoms with Gasteiger partial charge in [0.15, 0.2) is 0 Å². The van der Waals surface area contributed by atoms with Crippen LogP contribution in [-0.2, 0) is 6.54 Å². The lowest BCUT2D eigenvalue weighted by Crippen LogP contribution is -2.05. The van der Waals surface area contributed by atoms with Crippen molar-refractivity contribution < 1.29 is 0 Å². The molecule has 0 aromatic carbocycles. The van der Waals surface area contributed by atoms with Crippen molar-refractivity contribution in [2.24, 2.45) is 0 Å². The molecule has 0 atom stereocenters. The fourth-order valence-electron chi connectivity index (χ4n) is 1.33. The number of nitrogens with one attached hydrogen (secondary N) is 1. The SMILES string of the molecule is CCNc1cccc(Cn2cncn2)n1. The molecule has 0 radical (unpaired) electrons. The van der Waals surface area contributed by atoms with Crippen LogP contribution < -0.4 is 5.32 Å². The summed E-state index contributed by atoms with van der Waals surface area (Å²) in [6.07, 6.45) is 3.20. The Morgan fingerprint density at radius 3 is 3.07 bits per heavy atom. The van der Waals surface area contributed by atoms with Gasteiger partial charge >= 0.3 is 0 Å². The largest absolute Gasteiger partial charge is 0.370 e. The minimum Gasteiger partial charge on any atom is -0.370 e. The molecule has 0 saturated carbocycles. The lowest BCUT2D eigenvalue weighted by atomic mass is 10.3. The Morgan fingerprint density at radius 1 is 1.40 bits per heavy atom. The van der Waals surface area contributed by atoms with E-state index in [1.807, 2.05) is 25.1 Å². The highest BCUT2D eigenvalue weighted by Crippen LogP contribution is 2.05. The first kappa shape index (κ1) is 9.64. The maximum absolute atomic E-state index is 4.44. The molecule has 0 unspecified atom stereocenters. The topological polar surface area (TPSA) is 55.6 Å². The van der Waals surface area contributed by atoms with Gasteiger partial charge in [0.05, 0.1) is 12.2 Å². The monoisotopic (exact) mass is 203 g/mol. The maximum atomic E-state index is 4.44. The smallest absolute Gasteiger partial charge is 0.137 e. The summed E-state index contributed by atoms with van der Waals surface area (Å²) in [6.45, 7) is 3.57. The van der Waals surface area contributed by atoms with Gasteiger partial charge in [0.1, 0.15) is 18.5 Å². The van der Waals surface area contributed by atoms with Gasteiger partial charge in [0.2, 0.25) is 0 Å². The van der Waals surface area contributed by atoms with Gasteiger partial charge in [-0.3, -0.25) is 0 Å². The Kier molecular flexibility index (Phi) is 2.92. The highest BCUT2D eigenvalue weighted by Gasteiger charge is 1.98. The molecule has 0 bridgehead atoms. The Labute approximate surface area is 88.2 Å². The maximum Gasteiger partial charge on any atom is 0.137 e. The quantitative estimate of drug-likeness (QED) is 0.810. The Hall–Kier alpha value is -1.91. The highest BCUT2D eigenvalue weighted by atomic mass is 15.3. The van der Waals surface area contributed by atoms with Crippen molar-refractivity contribution in [3.8, 4) is 0 Å². The molecule has 0 aliphatic heterocycles. The molecule has 5 nitrogen and oxygen atoms in total. The van der Waals surface area contributed by atoms with E-state index >= 15 is 0 Å². The Morgan fingerprint density at radius 2 is 2.33 bits per heavy atom. The van der Waals surface area contributed by atoms with Gasteiger partial charge in [-0.25, -0.2) is 14.6 Å². The van der Waals surface area contributed by atoms with Crippen molar-refractivity contribution >= 4 is 5.82 Å². The molecule has 2 rings (SSSR count). The number of pyridine rings is 1. The molecule has 15 heavy (non-hydrogen) atoms. The second-order valence-electron chi connectivity index (χ2n) is 3.14. The molecule has 0 aliphatic carbocycles. The molecule has 78 valence electrons. The number of aromatic nitrogens is 4. The van der Waals surface area contributed by atoms with Gasteiger partial charge in [0.25, 0.3) is 0 Å². The van der Waals surface area contributed by atoms with Crippen LogP contribution in [0, 0.1) is 0 Å². The van der Waals surface area contributed by atoms with Crippen molar-refractivity contribution in [2.75, 3.05) is 11.9 Å². The highest BCUT2D eigenvalue weighted by molar-refractivity contribution is 5.34. The standard InChI is InChI=1S/C10H13N5/c1-2-12-10-5-3-4-9(14-10)6-15-8-11-7-13-15/h3-5,7-8H,2,6H2,1H3,(H,12,14). The van der Waals surface area contributed by atoms with Crippen LogP contribution in [0.4, 0.5) is 5.82 Å². The van der Waals surface area contributed by atoms with Crippen LogP contribution in [0.25, 0.3) is 0 Å². The van der Waals surface area contributed by atoms with Gasteiger partial charge in [0, 0.05) is 6.54 Å². The fraction of sp³-hybridized carbons (Fsp3) is 0.300. The van der Waals surface area contributed by atoms with Crippen LogP contribution >= 0.6 is 0 Å². The van der Waals surface area contributed by atoms with E-state index in [-0.39, 0.29) is 0 Å². The minimum atomic E-state index is 0.652. The summed E-state index contributed by atoms with van der Waals surface area (Å²) in [4.78, 5) is 8.32. The zero-order chi connectivity index (χ0) is 10.5. The summed E-state index contributed by atoms with van der Waals surface area (Å²) < 4.78 is 1.75. The van der Waals surface area contributed by atoms with Crippen molar-refractivity contribution in [3.05, 3.63) is 36.5 Å². The van der Waals surface area contributed by atoms with Crippen LogP contribution in [0.2, 0.25) is 0 Å². The van der Waals surface area contributed by atoms with Gasteiger partial charge in [-0.05, 0) is 19.1 Å². The van der Waals surface area contributed by atoms with E-state index in [0.29, 0.717) is 6.54 Å². The number of nitrogens with zero attached hydrogens (tertiary/aromatic N) is 4. The second kappa shape index (κ2) is 4.54. The number of anilines is 1. The molecule has 2 heterocycles. The number of rotatable bonds is 4. The van der Waals surface area contributed by atoms with Gasteiger partial charge in [-0.2, -0.15) is 5.10 Å². The van der Waals surface area contributed by atoms with Gasteiger partial charge in [-0.1, -0.05) is 6.07 Å². The van der Waals surface area contributed by atoms with E-state index < -0.39 is 0 Å². The zero-order valence-electron chi connectivity index (χ0n) is 8.59. The third-order valence-electron chi connectivity index (χ3n) is 1.96. The van der Waals surface area contributed by atoms with E-state index in [4.69, 9.17) is 0 Å². The second-order valence-corrected chi connectivity index (χ2v) is 3.14. The van der Waals surface area contributed by atoms with E-state index in [1.165, 1.54) is 6.33 Å². The van der Waals surface area contributed by atoms with Gasteiger partial charge < -0.3 is 5.32 Å². The summed E-state index contributed by atoms with van der Waals surface area (Å²) in [6, 6.07) is 5.91. The average Bonchev–Trinajstić information content (AvgIpc) is 2.71. The van der Waals surface area contributed by atoms with Crippen LogP contribution in [-0.4, -0.2) is 26.3 Å². The van der Waals surface area contributed by atoms with E-state index in [0.717, 1.165) is 18.1 Å². The van der Waals surface area contributed by atoms with Crippen molar-refractivity contribution in [1.82, 2.24) is 19.7 Å². The van der Waals surface area contributed by atoms with Crippen LogP contribution in [0.15, 0.2) is 30.9 Å². The molecule has 0 fully saturated rings. The first-order valence-electron chi connectivity index (χ1n) is 4.90. The van der Waals surface area contributed by atoms with Crippen LogP contribution in [0.1, 0.15) is 12.6 Å². The van der Waals surface area contributed by atoms with Crippen LogP contribution in [0.5, 0.6) is 0 Å². The van der Waals surface area contributed by atoms with E-state index in [9.17, 15) is 0 Å². The summed E-state index contributed by atoms with van der Waals surface area (Å²) in [5, 5.41) is 7.20. The number of hydrogen-bond donors (Lipinski definition) is 1. The third kappa shape index (κ3) is 2.52. The predicted molar refractivity (Wildman–Crippen MR) is 57.5 cm³/mol. The Bertz CT molecular complexity index is 410. The molecule has 2 aromatic heterocycles. The lowest BCUT2D eigenvalue weighted by molar-refractivity contribution is 0.671.